The number of nitrogens with one attached hydrogen (secondary N) is 2. The number of nitrogens with zero attached hydrogens (tertiary/aromatic N) is 2. The third kappa shape index (κ3) is 5.10. The van der Waals surface area contributed by atoms with Crippen molar-refractivity contribution in [3.05, 3.63) is 70.2 Å². The standard InChI is InChI=1S/C23H24N4O3S/c1-30-17-4-2-3-16(13-17)14-20(28)21-5-6-22(31-21)23(29)26-18-15-25-8-7-19(18)27-11-9-24-10-12-27/h2-8,13,15,24H,9-12,14H2,1H3,(H,26,29). The molecule has 1 saturated heterocycles. The van der Waals surface area contributed by atoms with Crippen LogP contribution in [0.4, 0.5) is 11.4 Å². The molecule has 8 heteroatoms. The van der Waals surface area contributed by atoms with E-state index in [9.17, 15) is 9.59 Å². The monoisotopic (exact) mass is 436 g/mol. The van der Waals surface area contributed by atoms with Gasteiger partial charge in [0.1, 0.15) is 5.75 Å². The summed E-state index contributed by atoms with van der Waals surface area (Å²) in [5.41, 5.74) is 2.50. The number of amides is 1. The predicted molar refractivity (Wildman–Crippen MR) is 123 cm³/mol. The summed E-state index contributed by atoms with van der Waals surface area (Å²) in [5, 5.41) is 6.29. The summed E-state index contributed by atoms with van der Waals surface area (Å²) in [6, 6.07) is 12.8. The lowest BCUT2D eigenvalue weighted by atomic mass is 10.1. The van der Waals surface area contributed by atoms with E-state index in [1.807, 2.05) is 30.3 Å². The Morgan fingerprint density at radius 2 is 1.97 bits per heavy atom. The smallest absolute Gasteiger partial charge is 0.265 e. The third-order valence-electron chi connectivity index (χ3n) is 5.11. The number of piperazine rings is 1. The van der Waals surface area contributed by atoms with E-state index in [0.717, 1.165) is 37.4 Å². The van der Waals surface area contributed by atoms with Gasteiger partial charge in [-0.25, -0.2) is 0 Å². The number of Topliss-reactive ketones (excluding diaryl/α,β-unsaturated/α-hetero) is 1. The highest BCUT2D eigenvalue weighted by Crippen LogP contribution is 2.27. The van der Waals surface area contributed by atoms with Gasteiger partial charge in [-0.3, -0.25) is 14.6 Å². The molecule has 160 valence electrons. The minimum Gasteiger partial charge on any atom is -0.497 e. The van der Waals surface area contributed by atoms with Gasteiger partial charge in [-0.2, -0.15) is 0 Å². The lowest BCUT2D eigenvalue weighted by Gasteiger charge is -2.30. The van der Waals surface area contributed by atoms with Gasteiger partial charge in [0.25, 0.3) is 5.91 Å². The van der Waals surface area contributed by atoms with Crippen LogP contribution in [0.1, 0.15) is 24.9 Å². The second kappa shape index (κ2) is 9.72. The van der Waals surface area contributed by atoms with Gasteiger partial charge in [-0.15, -0.1) is 11.3 Å². The number of methoxy groups -OCH3 is 1. The summed E-state index contributed by atoms with van der Waals surface area (Å²) < 4.78 is 5.21. The van der Waals surface area contributed by atoms with E-state index in [1.165, 1.54) is 11.3 Å². The van der Waals surface area contributed by atoms with E-state index in [-0.39, 0.29) is 18.1 Å². The van der Waals surface area contributed by atoms with Gasteiger partial charge in [-0.05, 0) is 35.9 Å². The van der Waals surface area contributed by atoms with Crippen LogP contribution in [0.25, 0.3) is 0 Å². The lowest BCUT2D eigenvalue weighted by molar-refractivity contribution is 0.0995. The first-order valence-corrected chi connectivity index (χ1v) is 10.9. The second-order valence-corrected chi connectivity index (χ2v) is 8.28. The maximum Gasteiger partial charge on any atom is 0.265 e. The zero-order chi connectivity index (χ0) is 21.6. The molecule has 0 radical (unpaired) electrons. The number of rotatable bonds is 7. The average molecular weight is 437 g/mol. The van der Waals surface area contributed by atoms with E-state index in [0.29, 0.717) is 21.2 Å². The highest BCUT2D eigenvalue weighted by Gasteiger charge is 2.18. The molecule has 31 heavy (non-hydrogen) atoms. The molecule has 0 aliphatic carbocycles. The second-order valence-electron chi connectivity index (χ2n) is 7.20. The Morgan fingerprint density at radius 3 is 2.77 bits per heavy atom. The maximum atomic E-state index is 12.8. The van der Waals surface area contributed by atoms with E-state index < -0.39 is 0 Å². The molecule has 3 heterocycles. The van der Waals surface area contributed by atoms with Crippen LogP contribution in [-0.2, 0) is 6.42 Å². The molecule has 1 amide bonds. The molecule has 0 saturated carbocycles. The number of carbonyl (C=O) groups is 2. The molecule has 0 atom stereocenters. The normalized spacial score (nSPS) is 13.6. The van der Waals surface area contributed by atoms with Crippen molar-refractivity contribution in [2.45, 2.75) is 6.42 Å². The van der Waals surface area contributed by atoms with Crippen LogP contribution in [0, 0.1) is 0 Å². The van der Waals surface area contributed by atoms with Crippen molar-refractivity contribution in [2.24, 2.45) is 0 Å². The number of ketones is 1. The number of thiophene rings is 1. The number of aromatic nitrogens is 1. The molecular formula is C23H24N4O3S. The number of ether oxygens (including phenoxy) is 1. The Hall–Kier alpha value is -3.23. The third-order valence-corrected chi connectivity index (χ3v) is 6.23. The Morgan fingerprint density at radius 1 is 1.16 bits per heavy atom. The first-order valence-electron chi connectivity index (χ1n) is 10.1. The Balaban J connectivity index is 1.44. The van der Waals surface area contributed by atoms with Gasteiger partial charge < -0.3 is 20.3 Å². The molecule has 0 bridgehead atoms. The maximum absolute atomic E-state index is 12.8. The summed E-state index contributed by atoms with van der Waals surface area (Å²) in [5.74, 6) is 0.448. The van der Waals surface area contributed by atoms with Crippen LogP contribution in [0.3, 0.4) is 0 Å². The van der Waals surface area contributed by atoms with Crippen LogP contribution < -0.4 is 20.3 Å². The first-order chi connectivity index (χ1) is 15.1. The van der Waals surface area contributed by atoms with Crippen molar-refractivity contribution in [3.8, 4) is 5.75 Å². The molecule has 3 aromatic rings. The highest BCUT2D eigenvalue weighted by molar-refractivity contribution is 7.16. The van der Waals surface area contributed by atoms with Crippen molar-refractivity contribution >= 4 is 34.4 Å². The zero-order valence-electron chi connectivity index (χ0n) is 17.3. The average Bonchev–Trinajstić information content (AvgIpc) is 3.31. The van der Waals surface area contributed by atoms with Crippen molar-refractivity contribution in [1.29, 1.82) is 0 Å². The summed E-state index contributed by atoms with van der Waals surface area (Å²) in [6.45, 7) is 3.54. The minimum atomic E-state index is -0.241. The summed E-state index contributed by atoms with van der Waals surface area (Å²) in [7, 11) is 1.60. The quantitative estimate of drug-likeness (QED) is 0.554. The molecule has 1 fully saturated rings. The molecular weight excluding hydrogens is 412 g/mol. The number of carbonyl (C=O) groups excluding carboxylic acids is 2. The highest BCUT2D eigenvalue weighted by atomic mass is 32.1. The summed E-state index contributed by atoms with van der Waals surface area (Å²) >= 11 is 1.20. The van der Waals surface area contributed by atoms with Crippen LogP contribution in [0.2, 0.25) is 0 Å². The Labute approximate surface area is 185 Å². The van der Waals surface area contributed by atoms with Gasteiger partial charge in [0.2, 0.25) is 0 Å². The fourth-order valence-electron chi connectivity index (χ4n) is 3.51. The van der Waals surface area contributed by atoms with Gasteiger partial charge >= 0.3 is 0 Å². The number of hydrogen-bond donors (Lipinski definition) is 2. The molecule has 0 unspecified atom stereocenters. The predicted octanol–water partition coefficient (Wildman–Crippen LogP) is 3.24. The molecule has 1 aliphatic rings. The largest absolute Gasteiger partial charge is 0.497 e. The van der Waals surface area contributed by atoms with E-state index in [2.05, 4.69) is 20.5 Å². The van der Waals surface area contributed by atoms with Crippen LogP contribution >= 0.6 is 11.3 Å². The van der Waals surface area contributed by atoms with Crippen molar-refractivity contribution in [2.75, 3.05) is 43.5 Å². The first kappa shape index (κ1) is 21.0. The summed E-state index contributed by atoms with van der Waals surface area (Å²) in [6.07, 6.45) is 3.65. The van der Waals surface area contributed by atoms with Crippen molar-refractivity contribution < 1.29 is 14.3 Å². The molecule has 1 aromatic carbocycles. The van der Waals surface area contributed by atoms with Gasteiger partial charge in [0.15, 0.2) is 5.78 Å². The molecule has 4 rings (SSSR count). The van der Waals surface area contributed by atoms with Crippen molar-refractivity contribution in [1.82, 2.24) is 10.3 Å². The molecule has 0 spiro atoms. The zero-order valence-corrected chi connectivity index (χ0v) is 18.1. The van der Waals surface area contributed by atoms with Gasteiger partial charge in [0.05, 0.1) is 34.4 Å². The molecule has 2 N–H and O–H groups in total. The molecule has 1 aliphatic heterocycles. The topological polar surface area (TPSA) is 83.6 Å². The molecule has 2 aromatic heterocycles. The number of anilines is 2. The van der Waals surface area contributed by atoms with Crippen LogP contribution in [-0.4, -0.2) is 50.0 Å². The van der Waals surface area contributed by atoms with E-state index >= 15 is 0 Å². The number of hydrogen-bond acceptors (Lipinski definition) is 7. The molecule has 7 nitrogen and oxygen atoms in total. The van der Waals surface area contributed by atoms with Crippen LogP contribution in [0.15, 0.2) is 54.9 Å². The fraction of sp³-hybridized carbons (Fsp3) is 0.261. The number of benzene rings is 1. The Kier molecular flexibility index (Phi) is 6.59. The van der Waals surface area contributed by atoms with E-state index in [4.69, 9.17) is 4.74 Å². The fourth-order valence-corrected chi connectivity index (χ4v) is 4.35. The minimum absolute atomic E-state index is 0.0276. The van der Waals surface area contributed by atoms with Crippen molar-refractivity contribution in [3.63, 3.8) is 0 Å². The number of pyridine rings is 1. The Bertz CT molecular complexity index is 1080. The SMILES string of the molecule is COc1cccc(CC(=O)c2ccc(C(=O)Nc3cnccc3N3CCNCC3)s2)c1. The lowest BCUT2D eigenvalue weighted by Crippen LogP contribution is -2.43. The van der Waals surface area contributed by atoms with E-state index in [1.54, 1.807) is 31.6 Å². The van der Waals surface area contributed by atoms with Gasteiger partial charge in [0, 0.05) is 38.8 Å². The van der Waals surface area contributed by atoms with Gasteiger partial charge in [-0.1, -0.05) is 12.1 Å². The summed E-state index contributed by atoms with van der Waals surface area (Å²) in [4.78, 5) is 33.0. The van der Waals surface area contributed by atoms with Crippen LogP contribution in [0.5, 0.6) is 5.75 Å².